The summed E-state index contributed by atoms with van der Waals surface area (Å²) < 4.78 is 6.43. The summed E-state index contributed by atoms with van der Waals surface area (Å²) in [4.78, 5) is 16.8. The molecule has 0 bridgehead atoms. The van der Waals surface area contributed by atoms with Gasteiger partial charge >= 0.3 is 0 Å². The highest BCUT2D eigenvalue weighted by Crippen LogP contribution is 2.35. The number of carbonyl (C=O) groups excluding carboxylic acids is 1. The van der Waals surface area contributed by atoms with Gasteiger partial charge in [0.25, 0.3) is 0 Å². The Morgan fingerprint density at radius 3 is 2.27 bits per heavy atom. The van der Waals surface area contributed by atoms with Gasteiger partial charge in [0.15, 0.2) is 0 Å². The van der Waals surface area contributed by atoms with Gasteiger partial charge in [0.2, 0.25) is 5.91 Å². The average molecular weight is 565 g/mol. The number of amides is 1. The van der Waals surface area contributed by atoms with E-state index in [4.69, 9.17) is 4.74 Å². The van der Waals surface area contributed by atoms with Crippen LogP contribution in [0.4, 0.5) is 5.69 Å². The molecule has 3 rings (SSSR count). The molecular formula is C35H52N2O2S. The highest BCUT2D eigenvalue weighted by molar-refractivity contribution is 8.03. The van der Waals surface area contributed by atoms with Gasteiger partial charge in [-0.15, -0.1) is 11.8 Å². The van der Waals surface area contributed by atoms with E-state index in [0.29, 0.717) is 13.0 Å². The molecule has 0 aromatic heterocycles. The summed E-state index contributed by atoms with van der Waals surface area (Å²) in [5.41, 5.74) is 4.10. The molecule has 4 nitrogen and oxygen atoms in total. The summed E-state index contributed by atoms with van der Waals surface area (Å²) >= 11 is 1.86. The van der Waals surface area contributed by atoms with Crippen LogP contribution in [-0.4, -0.2) is 23.3 Å². The van der Waals surface area contributed by atoms with Crippen LogP contribution in [0.25, 0.3) is 0 Å². The second-order valence-electron chi connectivity index (χ2n) is 12.3. The van der Waals surface area contributed by atoms with Crippen molar-refractivity contribution in [2.45, 2.75) is 117 Å². The molecule has 1 aliphatic heterocycles. The van der Waals surface area contributed by atoms with Crippen LogP contribution in [0.5, 0.6) is 5.75 Å². The van der Waals surface area contributed by atoms with E-state index < -0.39 is 0 Å². The van der Waals surface area contributed by atoms with E-state index >= 15 is 0 Å². The Kier molecular flexibility index (Phi) is 13.5. The zero-order chi connectivity index (χ0) is 28.8. The van der Waals surface area contributed by atoms with Gasteiger partial charge in [0.05, 0.1) is 18.9 Å². The van der Waals surface area contributed by atoms with Crippen molar-refractivity contribution in [3.05, 3.63) is 70.3 Å². The van der Waals surface area contributed by atoms with Crippen LogP contribution in [0.3, 0.4) is 0 Å². The highest BCUT2D eigenvalue weighted by atomic mass is 32.2. The summed E-state index contributed by atoms with van der Waals surface area (Å²) in [6.45, 7) is 12.6. The van der Waals surface area contributed by atoms with Crippen LogP contribution in [0.1, 0.15) is 116 Å². The Balaban J connectivity index is 1.53. The molecule has 0 aliphatic carbocycles. The topological polar surface area (TPSA) is 41.6 Å². The van der Waals surface area contributed by atoms with Crippen LogP contribution < -0.4 is 10.1 Å². The van der Waals surface area contributed by atoms with Gasteiger partial charge in [-0.2, -0.15) is 0 Å². The third-order valence-electron chi connectivity index (χ3n) is 7.42. The number of ether oxygens (including phenoxy) is 1. The van der Waals surface area contributed by atoms with Crippen LogP contribution in [-0.2, 0) is 23.2 Å². The molecule has 2 aromatic rings. The predicted octanol–water partition coefficient (Wildman–Crippen LogP) is 9.83. The van der Waals surface area contributed by atoms with Crippen molar-refractivity contribution in [2.75, 3.05) is 17.8 Å². The standard InChI is InChI=1S/C35H52N2O2S/c1-6-7-8-9-10-11-12-13-14-15-22-39-34-30(19-17-21-32(34)35(3,4)5)24-33(38)36-31-20-16-18-29(23-31)26-37-25-28(2)40-27-37/h16-21,23,25H,6-15,22,24,26-27H2,1-5H3,(H,36,38). The van der Waals surface area contributed by atoms with Crippen molar-refractivity contribution < 1.29 is 9.53 Å². The lowest BCUT2D eigenvalue weighted by Crippen LogP contribution is -2.19. The molecule has 0 spiro atoms. The number of para-hydroxylation sites is 1. The van der Waals surface area contributed by atoms with E-state index in [9.17, 15) is 4.79 Å². The van der Waals surface area contributed by atoms with E-state index in [-0.39, 0.29) is 11.3 Å². The van der Waals surface area contributed by atoms with Crippen molar-refractivity contribution in [1.82, 2.24) is 4.90 Å². The van der Waals surface area contributed by atoms with Gasteiger partial charge in [-0.3, -0.25) is 4.79 Å². The third kappa shape index (κ3) is 11.2. The summed E-state index contributed by atoms with van der Waals surface area (Å²) in [5, 5.41) is 3.13. The van der Waals surface area contributed by atoms with Crippen molar-refractivity contribution in [1.29, 1.82) is 0 Å². The maximum atomic E-state index is 13.2. The van der Waals surface area contributed by atoms with Gasteiger partial charge in [-0.25, -0.2) is 0 Å². The number of hydrogen-bond donors (Lipinski definition) is 1. The molecule has 220 valence electrons. The van der Waals surface area contributed by atoms with E-state index in [1.165, 1.54) is 73.8 Å². The van der Waals surface area contributed by atoms with Crippen LogP contribution in [0.2, 0.25) is 0 Å². The quantitative estimate of drug-likeness (QED) is 0.194. The van der Waals surface area contributed by atoms with Crippen molar-refractivity contribution in [3.8, 4) is 5.75 Å². The lowest BCUT2D eigenvalue weighted by Gasteiger charge is -2.25. The lowest BCUT2D eigenvalue weighted by atomic mass is 9.84. The minimum Gasteiger partial charge on any atom is -0.493 e. The minimum absolute atomic E-state index is 0.0144. The zero-order valence-electron chi connectivity index (χ0n) is 25.7. The van der Waals surface area contributed by atoms with E-state index in [2.05, 4.69) is 75.3 Å². The van der Waals surface area contributed by atoms with Gasteiger partial charge < -0.3 is 15.0 Å². The first-order valence-electron chi connectivity index (χ1n) is 15.5. The highest BCUT2D eigenvalue weighted by Gasteiger charge is 2.22. The Morgan fingerprint density at radius 1 is 0.950 bits per heavy atom. The smallest absolute Gasteiger partial charge is 0.228 e. The van der Waals surface area contributed by atoms with E-state index in [1.807, 2.05) is 30.0 Å². The lowest BCUT2D eigenvalue weighted by molar-refractivity contribution is -0.115. The molecule has 0 saturated heterocycles. The van der Waals surface area contributed by atoms with Crippen LogP contribution in [0, 0.1) is 0 Å². The normalized spacial score (nSPS) is 13.4. The van der Waals surface area contributed by atoms with Gasteiger partial charge in [-0.05, 0) is 46.9 Å². The molecule has 1 N–H and O–H groups in total. The number of anilines is 1. The number of rotatable bonds is 17. The number of nitrogens with zero attached hydrogens (tertiary/aromatic N) is 1. The van der Waals surface area contributed by atoms with E-state index in [0.717, 1.165) is 35.8 Å². The molecule has 5 heteroatoms. The molecule has 0 fully saturated rings. The molecule has 0 radical (unpaired) electrons. The first-order chi connectivity index (χ1) is 19.3. The molecule has 1 amide bonds. The minimum atomic E-state index is -0.0609. The van der Waals surface area contributed by atoms with Crippen molar-refractivity contribution in [2.24, 2.45) is 0 Å². The molecule has 0 unspecified atom stereocenters. The Hall–Kier alpha value is -2.40. The molecule has 1 aliphatic rings. The second kappa shape index (κ2) is 16.8. The fraction of sp³-hybridized carbons (Fsp3) is 0.571. The Morgan fingerprint density at radius 2 is 1.62 bits per heavy atom. The maximum Gasteiger partial charge on any atom is 0.228 e. The molecule has 1 heterocycles. The molecule has 0 saturated carbocycles. The Labute approximate surface area is 248 Å². The van der Waals surface area contributed by atoms with E-state index in [1.54, 1.807) is 0 Å². The molecule has 2 aromatic carbocycles. The summed E-state index contributed by atoms with van der Waals surface area (Å²) in [6, 6.07) is 14.4. The monoisotopic (exact) mass is 564 g/mol. The predicted molar refractivity (Wildman–Crippen MR) is 173 cm³/mol. The second-order valence-corrected chi connectivity index (χ2v) is 13.5. The fourth-order valence-electron chi connectivity index (χ4n) is 5.22. The maximum absolute atomic E-state index is 13.2. The van der Waals surface area contributed by atoms with Gasteiger partial charge in [0, 0.05) is 24.0 Å². The van der Waals surface area contributed by atoms with Gasteiger partial charge in [0.1, 0.15) is 5.75 Å². The van der Waals surface area contributed by atoms with Crippen molar-refractivity contribution >= 4 is 23.4 Å². The average Bonchev–Trinajstić information content (AvgIpc) is 3.31. The van der Waals surface area contributed by atoms with Crippen LogP contribution in [0.15, 0.2) is 53.6 Å². The summed E-state index contributed by atoms with van der Waals surface area (Å²) in [6.07, 6.45) is 15.5. The number of unbranched alkanes of at least 4 members (excludes halogenated alkanes) is 9. The zero-order valence-corrected chi connectivity index (χ0v) is 26.5. The molecule has 40 heavy (non-hydrogen) atoms. The van der Waals surface area contributed by atoms with Gasteiger partial charge in [-0.1, -0.05) is 116 Å². The first kappa shape index (κ1) is 32.1. The third-order valence-corrected chi connectivity index (χ3v) is 8.44. The summed E-state index contributed by atoms with van der Waals surface area (Å²) in [5.74, 6) is 1.86. The number of thioether (sulfide) groups is 1. The Bertz CT molecular complexity index is 1090. The summed E-state index contributed by atoms with van der Waals surface area (Å²) in [7, 11) is 0. The molecular weight excluding hydrogens is 512 g/mol. The number of carbonyl (C=O) groups is 1. The van der Waals surface area contributed by atoms with Crippen LogP contribution >= 0.6 is 11.8 Å². The largest absolute Gasteiger partial charge is 0.493 e. The first-order valence-corrected chi connectivity index (χ1v) is 16.4. The number of benzene rings is 2. The SMILES string of the molecule is CCCCCCCCCCCCOc1c(CC(=O)Nc2cccc(CN3C=C(C)SC3)c2)cccc1C(C)(C)C. The number of allylic oxidation sites excluding steroid dienone is 1. The fourth-order valence-corrected chi connectivity index (χ4v) is 5.98. The number of hydrogen-bond acceptors (Lipinski definition) is 4. The molecule has 0 atom stereocenters. The van der Waals surface area contributed by atoms with Crippen molar-refractivity contribution in [3.63, 3.8) is 0 Å². The number of nitrogens with one attached hydrogen (secondary N) is 1.